The minimum atomic E-state index is 0.492. The van der Waals surface area contributed by atoms with Crippen molar-refractivity contribution in [3.05, 3.63) is 34.9 Å². The molecule has 0 atom stereocenters. The number of benzene rings is 1. The van der Waals surface area contributed by atoms with Gasteiger partial charge in [0.15, 0.2) is 0 Å². The molecule has 2 nitrogen and oxygen atoms in total. The van der Waals surface area contributed by atoms with E-state index in [4.69, 9.17) is 5.26 Å². The van der Waals surface area contributed by atoms with Gasteiger partial charge < -0.3 is 5.32 Å². The summed E-state index contributed by atoms with van der Waals surface area (Å²) < 4.78 is 0. The summed E-state index contributed by atoms with van der Waals surface area (Å²) in [7, 11) is 0. The average molecular weight is 188 g/mol. The van der Waals surface area contributed by atoms with Crippen LogP contribution in [0.3, 0.4) is 0 Å². The Hall–Kier alpha value is -1.33. The van der Waals surface area contributed by atoms with E-state index in [1.165, 1.54) is 5.56 Å². The summed E-state index contributed by atoms with van der Waals surface area (Å²) in [4.78, 5) is 0. The lowest BCUT2D eigenvalue weighted by molar-refractivity contribution is 0.588. The highest BCUT2D eigenvalue weighted by Crippen LogP contribution is 2.09. The molecule has 1 aromatic carbocycles. The summed E-state index contributed by atoms with van der Waals surface area (Å²) in [5.41, 5.74) is 3.05. The minimum Gasteiger partial charge on any atom is -0.310 e. The van der Waals surface area contributed by atoms with Gasteiger partial charge in [-0.25, -0.2) is 0 Å². The molecule has 1 aromatic rings. The maximum Gasteiger partial charge on any atom is 0.0994 e. The van der Waals surface area contributed by atoms with Gasteiger partial charge in [0, 0.05) is 12.6 Å². The third-order valence-corrected chi connectivity index (χ3v) is 2.13. The van der Waals surface area contributed by atoms with Gasteiger partial charge in [-0.15, -0.1) is 0 Å². The normalized spacial score (nSPS) is 10.2. The molecule has 74 valence electrons. The van der Waals surface area contributed by atoms with Gasteiger partial charge in [-0.1, -0.05) is 26.0 Å². The van der Waals surface area contributed by atoms with E-state index in [-0.39, 0.29) is 0 Å². The van der Waals surface area contributed by atoms with Crippen LogP contribution in [0.25, 0.3) is 0 Å². The Balaban J connectivity index is 2.73. The molecule has 0 aliphatic carbocycles. The highest BCUT2D eigenvalue weighted by atomic mass is 14.9. The minimum absolute atomic E-state index is 0.492. The fraction of sp³-hybridized carbons (Fsp3) is 0.417. The average Bonchev–Trinajstić information content (AvgIpc) is 2.15. The summed E-state index contributed by atoms with van der Waals surface area (Å²) in [6.45, 7) is 7.08. The molecule has 1 N–H and O–H groups in total. The third kappa shape index (κ3) is 2.86. The van der Waals surface area contributed by atoms with Crippen LogP contribution >= 0.6 is 0 Å². The number of nitrogens with one attached hydrogen (secondary N) is 1. The maximum atomic E-state index is 8.76. The molecule has 0 aliphatic heterocycles. The van der Waals surface area contributed by atoms with Crippen molar-refractivity contribution >= 4 is 0 Å². The van der Waals surface area contributed by atoms with E-state index in [1.807, 2.05) is 19.1 Å². The highest BCUT2D eigenvalue weighted by molar-refractivity contribution is 5.39. The van der Waals surface area contributed by atoms with E-state index in [0.29, 0.717) is 6.04 Å². The Kier molecular flexibility index (Phi) is 3.67. The first-order chi connectivity index (χ1) is 6.63. The number of rotatable bonds is 3. The first-order valence-corrected chi connectivity index (χ1v) is 4.86. The lowest BCUT2D eigenvalue weighted by atomic mass is 10.1. The largest absolute Gasteiger partial charge is 0.310 e. The second-order valence-electron chi connectivity index (χ2n) is 3.80. The van der Waals surface area contributed by atoms with Gasteiger partial charge in [0.05, 0.1) is 11.6 Å². The fourth-order valence-electron chi connectivity index (χ4n) is 1.28. The van der Waals surface area contributed by atoms with Crippen molar-refractivity contribution < 1.29 is 0 Å². The van der Waals surface area contributed by atoms with Crippen LogP contribution in [-0.2, 0) is 6.54 Å². The SMILES string of the molecule is Cc1cc(CNC(C)C)ccc1C#N. The van der Waals surface area contributed by atoms with Crippen LogP contribution < -0.4 is 5.32 Å². The molecule has 14 heavy (non-hydrogen) atoms. The Labute approximate surface area is 85.6 Å². The summed E-state index contributed by atoms with van der Waals surface area (Å²) in [5.74, 6) is 0. The van der Waals surface area contributed by atoms with E-state index in [1.54, 1.807) is 0 Å². The molecule has 0 saturated heterocycles. The van der Waals surface area contributed by atoms with Crippen LogP contribution in [0.1, 0.15) is 30.5 Å². The van der Waals surface area contributed by atoms with E-state index >= 15 is 0 Å². The Morgan fingerprint density at radius 3 is 2.64 bits per heavy atom. The quantitative estimate of drug-likeness (QED) is 0.790. The van der Waals surface area contributed by atoms with Crippen LogP contribution in [0.4, 0.5) is 0 Å². The van der Waals surface area contributed by atoms with Gasteiger partial charge in [0.2, 0.25) is 0 Å². The summed E-state index contributed by atoms with van der Waals surface area (Å²) in [6, 6.07) is 8.60. The lowest BCUT2D eigenvalue weighted by Gasteiger charge is -2.08. The highest BCUT2D eigenvalue weighted by Gasteiger charge is 1.99. The Bertz CT molecular complexity index is 348. The predicted octanol–water partition coefficient (Wildman–Crippen LogP) is 2.36. The molecular weight excluding hydrogens is 172 g/mol. The standard InChI is InChI=1S/C12H16N2/c1-9(2)14-8-11-4-5-12(7-13)10(3)6-11/h4-6,9,14H,8H2,1-3H3. The zero-order valence-electron chi connectivity index (χ0n) is 8.96. The third-order valence-electron chi connectivity index (χ3n) is 2.13. The van der Waals surface area contributed by atoms with Gasteiger partial charge in [0.1, 0.15) is 0 Å². The smallest absolute Gasteiger partial charge is 0.0994 e. The molecule has 0 saturated carbocycles. The monoisotopic (exact) mass is 188 g/mol. The van der Waals surface area contributed by atoms with E-state index in [0.717, 1.165) is 17.7 Å². The topological polar surface area (TPSA) is 35.8 Å². The molecule has 0 bridgehead atoms. The summed E-state index contributed by atoms with van der Waals surface area (Å²) >= 11 is 0. The van der Waals surface area contributed by atoms with Crippen molar-refractivity contribution in [3.8, 4) is 6.07 Å². The Morgan fingerprint density at radius 2 is 2.14 bits per heavy atom. The van der Waals surface area contributed by atoms with Gasteiger partial charge >= 0.3 is 0 Å². The predicted molar refractivity (Wildman–Crippen MR) is 57.9 cm³/mol. The van der Waals surface area contributed by atoms with Gasteiger partial charge in [-0.05, 0) is 24.1 Å². The molecule has 2 heteroatoms. The number of nitrogens with zero attached hydrogens (tertiary/aromatic N) is 1. The van der Waals surface area contributed by atoms with Crippen LogP contribution in [-0.4, -0.2) is 6.04 Å². The molecule has 0 spiro atoms. The second-order valence-corrected chi connectivity index (χ2v) is 3.80. The van der Waals surface area contributed by atoms with Crippen molar-refractivity contribution in [1.29, 1.82) is 5.26 Å². The zero-order chi connectivity index (χ0) is 10.6. The van der Waals surface area contributed by atoms with Crippen molar-refractivity contribution in [2.24, 2.45) is 0 Å². The van der Waals surface area contributed by atoms with Crippen LogP contribution in [0.15, 0.2) is 18.2 Å². The molecule has 0 unspecified atom stereocenters. The summed E-state index contributed by atoms with van der Waals surface area (Å²) in [5, 5.41) is 12.1. The molecule has 0 aromatic heterocycles. The molecule has 0 aliphatic rings. The van der Waals surface area contributed by atoms with Crippen LogP contribution in [0.2, 0.25) is 0 Å². The first kappa shape index (κ1) is 10.7. The van der Waals surface area contributed by atoms with E-state index in [9.17, 15) is 0 Å². The second kappa shape index (κ2) is 4.78. The molecular formula is C12H16N2. The number of hydrogen-bond acceptors (Lipinski definition) is 2. The summed E-state index contributed by atoms with van der Waals surface area (Å²) in [6.07, 6.45) is 0. The van der Waals surface area contributed by atoms with Gasteiger partial charge in [-0.2, -0.15) is 5.26 Å². The van der Waals surface area contributed by atoms with E-state index in [2.05, 4.69) is 31.3 Å². The molecule has 0 radical (unpaired) electrons. The molecule has 0 heterocycles. The zero-order valence-corrected chi connectivity index (χ0v) is 8.96. The number of nitriles is 1. The van der Waals surface area contributed by atoms with Crippen molar-refractivity contribution in [3.63, 3.8) is 0 Å². The molecule has 0 fully saturated rings. The number of aryl methyl sites for hydroxylation is 1. The van der Waals surface area contributed by atoms with Crippen LogP contribution in [0, 0.1) is 18.3 Å². The first-order valence-electron chi connectivity index (χ1n) is 4.86. The lowest BCUT2D eigenvalue weighted by Crippen LogP contribution is -2.21. The van der Waals surface area contributed by atoms with Gasteiger partial charge in [0.25, 0.3) is 0 Å². The number of hydrogen-bond donors (Lipinski definition) is 1. The van der Waals surface area contributed by atoms with E-state index < -0.39 is 0 Å². The molecule has 1 rings (SSSR count). The van der Waals surface area contributed by atoms with Crippen LogP contribution in [0.5, 0.6) is 0 Å². The van der Waals surface area contributed by atoms with Crippen molar-refractivity contribution in [1.82, 2.24) is 5.32 Å². The fourth-order valence-corrected chi connectivity index (χ4v) is 1.28. The van der Waals surface area contributed by atoms with Gasteiger partial charge in [-0.3, -0.25) is 0 Å². The maximum absolute atomic E-state index is 8.76. The molecule has 0 amide bonds. The van der Waals surface area contributed by atoms with Crippen molar-refractivity contribution in [2.45, 2.75) is 33.4 Å². The van der Waals surface area contributed by atoms with Crippen molar-refractivity contribution in [2.75, 3.05) is 0 Å². The Morgan fingerprint density at radius 1 is 1.43 bits per heavy atom.